The molecular formula is C8H13F2NO4S. The lowest BCUT2D eigenvalue weighted by atomic mass is 10.4. The van der Waals surface area contributed by atoms with Crippen molar-refractivity contribution in [2.45, 2.75) is 6.43 Å². The number of aliphatic hydroxyl groups is 1. The maximum absolute atomic E-state index is 12.0. The Labute approximate surface area is 95.4 Å². The van der Waals surface area contributed by atoms with Crippen LogP contribution in [0.25, 0.3) is 0 Å². The molecule has 0 radical (unpaired) electrons. The number of halogens is 2. The van der Waals surface area contributed by atoms with Gasteiger partial charge in [0.1, 0.15) is 0 Å². The summed E-state index contributed by atoms with van der Waals surface area (Å²) in [6.45, 7) is -1.31. The van der Waals surface area contributed by atoms with Crippen molar-refractivity contribution in [2.24, 2.45) is 0 Å². The number of carbonyl (C=O) groups is 2. The molecule has 0 saturated heterocycles. The van der Waals surface area contributed by atoms with Crippen LogP contribution in [0, 0.1) is 0 Å². The van der Waals surface area contributed by atoms with Crippen LogP contribution >= 0.6 is 11.8 Å². The van der Waals surface area contributed by atoms with Crippen LogP contribution in [0.3, 0.4) is 0 Å². The number of rotatable bonds is 8. The van der Waals surface area contributed by atoms with Crippen molar-refractivity contribution in [3.05, 3.63) is 0 Å². The Bertz CT molecular complexity index is 240. The zero-order valence-electron chi connectivity index (χ0n) is 8.44. The van der Waals surface area contributed by atoms with Crippen LogP contribution in [0.1, 0.15) is 0 Å². The Morgan fingerprint density at radius 3 is 2.38 bits per heavy atom. The number of hydrogen-bond donors (Lipinski definition) is 2. The molecular weight excluding hydrogens is 244 g/mol. The summed E-state index contributed by atoms with van der Waals surface area (Å²) in [6.07, 6.45) is -2.67. The summed E-state index contributed by atoms with van der Waals surface area (Å²) in [5.74, 6) is -2.10. The summed E-state index contributed by atoms with van der Waals surface area (Å²) >= 11 is 0.833. The van der Waals surface area contributed by atoms with Gasteiger partial charge in [0.05, 0.1) is 24.7 Å². The second-order valence-electron chi connectivity index (χ2n) is 2.84. The summed E-state index contributed by atoms with van der Waals surface area (Å²) in [4.78, 5) is 22.3. The van der Waals surface area contributed by atoms with Gasteiger partial charge in [0.2, 0.25) is 5.91 Å². The molecule has 0 spiro atoms. The number of aliphatic hydroxyl groups excluding tert-OH is 1. The van der Waals surface area contributed by atoms with Gasteiger partial charge < -0.3 is 15.1 Å². The lowest BCUT2D eigenvalue weighted by molar-refractivity contribution is -0.133. The molecule has 2 N–H and O–H groups in total. The Balaban J connectivity index is 4.00. The van der Waals surface area contributed by atoms with Crippen molar-refractivity contribution in [1.82, 2.24) is 4.90 Å². The van der Waals surface area contributed by atoms with Crippen LogP contribution in [0.2, 0.25) is 0 Å². The molecule has 0 aromatic rings. The highest BCUT2D eigenvalue weighted by Crippen LogP contribution is 2.05. The van der Waals surface area contributed by atoms with Gasteiger partial charge in [0, 0.05) is 6.54 Å². The van der Waals surface area contributed by atoms with Gasteiger partial charge in [-0.3, -0.25) is 9.59 Å². The topological polar surface area (TPSA) is 77.8 Å². The maximum atomic E-state index is 12.0. The van der Waals surface area contributed by atoms with E-state index < -0.39 is 31.5 Å². The van der Waals surface area contributed by atoms with E-state index in [-0.39, 0.29) is 18.1 Å². The number of carboxylic acids is 1. The lowest BCUT2D eigenvalue weighted by Gasteiger charge is -2.20. The molecule has 0 atom stereocenters. The average Bonchev–Trinajstić information content (AvgIpc) is 2.15. The SMILES string of the molecule is O=C(O)CSCC(=O)N(CCO)CC(F)F. The average molecular weight is 257 g/mol. The molecule has 0 unspecified atom stereocenters. The molecule has 0 saturated carbocycles. The number of nitrogens with zero attached hydrogens (tertiary/aromatic N) is 1. The fourth-order valence-electron chi connectivity index (χ4n) is 0.922. The smallest absolute Gasteiger partial charge is 0.313 e. The predicted octanol–water partition coefficient (Wildman–Crippen LogP) is -0.110. The van der Waals surface area contributed by atoms with E-state index in [0.29, 0.717) is 0 Å². The highest BCUT2D eigenvalue weighted by Gasteiger charge is 2.17. The third-order valence-electron chi connectivity index (χ3n) is 1.53. The minimum absolute atomic E-state index is 0.170. The Morgan fingerprint density at radius 2 is 1.94 bits per heavy atom. The van der Waals surface area contributed by atoms with Crippen molar-refractivity contribution in [3.8, 4) is 0 Å². The first-order chi connectivity index (χ1) is 7.47. The van der Waals surface area contributed by atoms with Crippen LogP contribution in [0.4, 0.5) is 8.78 Å². The van der Waals surface area contributed by atoms with E-state index in [0.717, 1.165) is 16.7 Å². The van der Waals surface area contributed by atoms with Crippen molar-refractivity contribution >= 4 is 23.6 Å². The molecule has 5 nitrogen and oxygen atoms in total. The van der Waals surface area contributed by atoms with Crippen molar-refractivity contribution in [3.63, 3.8) is 0 Å². The normalized spacial score (nSPS) is 10.5. The number of aliphatic carboxylic acids is 1. The number of carbonyl (C=O) groups excluding carboxylic acids is 1. The van der Waals surface area contributed by atoms with Gasteiger partial charge in [0.15, 0.2) is 0 Å². The minimum atomic E-state index is -2.67. The second-order valence-corrected chi connectivity index (χ2v) is 3.83. The fourth-order valence-corrected chi connectivity index (χ4v) is 1.56. The van der Waals surface area contributed by atoms with Gasteiger partial charge in [0.25, 0.3) is 6.43 Å². The molecule has 0 heterocycles. The second kappa shape index (κ2) is 8.28. The zero-order chi connectivity index (χ0) is 12.6. The predicted molar refractivity (Wildman–Crippen MR) is 54.6 cm³/mol. The fraction of sp³-hybridized carbons (Fsp3) is 0.750. The van der Waals surface area contributed by atoms with Crippen molar-refractivity contribution < 1.29 is 28.6 Å². The molecule has 16 heavy (non-hydrogen) atoms. The Kier molecular flexibility index (Phi) is 7.82. The quantitative estimate of drug-likeness (QED) is 0.634. The van der Waals surface area contributed by atoms with Gasteiger partial charge >= 0.3 is 5.97 Å². The van der Waals surface area contributed by atoms with E-state index in [1.807, 2.05) is 0 Å². The van der Waals surface area contributed by atoms with E-state index in [9.17, 15) is 18.4 Å². The van der Waals surface area contributed by atoms with Crippen LogP contribution in [0.15, 0.2) is 0 Å². The van der Waals surface area contributed by atoms with E-state index >= 15 is 0 Å². The van der Waals surface area contributed by atoms with Crippen LogP contribution < -0.4 is 0 Å². The third-order valence-corrected chi connectivity index (χ3v) is 2.43. The molecule has 0 aliphatic heterocycles. The van der Waals surface area contributed by atoms with Crippen LogP contribution in [-0.4, -0.2) is 64.6 Å². The molecule has 0 fully saturated rings. The zero-order valence-corrected chi connectivity index (χ0v) is 9.25. The summed E-state index contributed by atoms with van der Waals surface area (Å²) in [7, 11) is 0. The van der Waals surface area contributed by atoms with Crippen molar-refractivity contribution in [2.75, 3.05) is 31.2 Å². The van der Waals surface area contributed by atoms with E-state index in [4.69, 9.17) is 10.2 Å². The third kappa shape index (κ3) is 7.41. The summed E-state index contributed by atoms with van der Waals surface area (Å²) in [5.41, 5.74) is 0. The number of amides is 1. The van der Waals surface area contributed by atoms with Gasteiger partial charge in [-0.25, -0.2) is 8.78 Å². The van der Waals surface area contributed by atoms with Gasteiger partial charge in [-0.15, -0.1) is 11.8 Å². The monoisotopic (exact) mass is 257 g/mol. The number of thioether (sulfide) groups is 1. The van der Waals surface area contributed by atoms with E-state index in [2.05, 4.69) is 0 Å². The van der Waals surface area contributed by atoms with Gasteiger partial charge in [-0.05, 0) is 0 Å². The number of alkyl halides is 2. The first-order valence-corrected chi connectivity index (χ1v) is 5.59. The van der Waals surface area contributed by atoms with E-state index in [1.165, 1.54) is 0 Å². The first-order valence-electron chi connectivity index (χ1n) is 4.43. The van der Waals surface area contributed by atoms with E-state index in [1.54, 1.807) is 0 Å². The molecule has 1 amide bonds. The molecule has 0 aromatic carbocycles. The summed E-state index contributed by atoms with van der Waals surface area (Å²) < 4.78 is 24.1. The van der Waals surface area contributed by atoms with Crippen molar-refractivity contribution in [1.29, 1.82) is 0 Å². The molecule has 0 bridgehead atoms. The Hall–Kier alpha value is -0.890. The number of carboxylic acid groups (broad SMARTS) is 1. The number of hydrogen-bond acceptors (Lipinski definition) is 4. The van der Waals surface area contributed by atoms with Gasteiger partial charge in [-0.1, -0.05) is 0 Å². The molecule has 8 heteroatoms. The lowest BCUT2D eigenvalue weighted by Crippen LogP contribution is -2.38. The maximum Gasteiger partial charge on any atom is 0.313 e. The summed E-state index contributed by atoms with van der Waals surface area (Å²) in [6, 6.07) is 0. The highest BCUT2D eigenvalue weighted by atomic mass is 32.2. The minimum Gasteiger partial charge on any atom is -0.481 e. The molecule has 0 aromatic heterocycles. The highest BCUT2D eigenvalue weighted by molar-refractivity contribution is 8.00. The molecule has 0 rings (SSSR count). The molecule has 0 aliphatic carbocycles. The van der Waals surface area contributed by atoms with Crippen LogP contribution in [-0.2, 0) is 9.59 Å². The largest absolute Gasteiger partial charge is 0.481 e. The van der Waals surface area contributed by atoms with Crippen LogP contribution in [0.5, 0.6) is 0 Å². The summed E-state index contributed by atoms with van der Waals surface area (Å²) in [5, 5.41) is 16.9. The first kappa shape index (κ1) is 15.1. The molecule has 0 aliphatic rings. The van der Waals surface area contributed by atoms with Gasteiger partial charge in [-0.2, -0.15) is 0 Å². The Morgan fingerprint density at radius 1 is 1.31 bits per heavy atom. The standard InChI is InChI=1S/C8H13F2NO4S/c9-6(10)3-11(1-2-12)7(13)4-16-5-8(14)15/h6,12H,1-5H2,(H,14,15). The molecule has 94 valence electrons.